The molecule has 0 N–H and O–H groups in total. The molecule has 0 aliphatic carbocycles. The second kappa shape index (κ2) is 2.82. The summed E-state index contributed by atoms with van der Waals surface area (Å²) in [6.45, 7) is 2.74. The van der Waals surface area contributed by atoms with Gasteiger partial charge in [-0.15, -0.1) is 0 Å². The number of cyclic esters (lactones) is 1. The summed E-state index contributed by atoms with van der Waals surface area (Å²) in [5, 5.41) is 0. The van der Waals surface area contributed by atoms with Crippen LogP contribution in [0, 0.1) is 0 Å². The summed E-state index contributed by atoms with van der Waals surface area (Å²) in [5.41, 5.74) is 0.108. The van der Waals surface area contributed by atoms with E-state index in [1.807, 2.05) is 0 Å². The van der Waals surface area contributed by atoms with Crippen molar-refractivity contribution in [2.24, 2.45) is 0 Å². The average Bonchev–Trinajstić information content (AvgIpc) is 2.15. The quantitative estimate of drug-likeness (QED) is 0.627. The van der Waals surface area contributed by atoms with Crippen molar-refractivity contribution < 1.29 is 17.9 Å². The fraction of sp³-hybridized carbons (Fsp3) is 0.300. The summed E-state index contributed by atoms with van der Waals surface area (Å²) < 4.78 is 28.9. The molecule has 0 amide bonds. The highest BCUT2D eigenvalue weighted by atomic mass is 32.2. The van der Waals surface area contributed by atoms with E-state index in [0.29, 0.717) is 0 Å². The van der Waals surface area contributed by atoms with Crippen LogP contribution >= 0.6 is 0 Å². The molecule has 0 spiro atoms. The summed E-state index contributed by atoms with van der Waals surface area (Å²) in [5.74, 6) is -0.592. The molecular formula is C10H10O4S. The Morgan fingerprint density at radius 1 is 1.20 bits per heavy atom. The van der Waals surface area contributed by atoms with Gasteiger partial charge in [0.1, 0.15) is 0 Å². The molecule has 0 aromatic heterocycles. The molecule has 0 saturated heterocycles. The molecule has 1 heterocycles. The van der Waals surface area contributed by atoms with E-state index in [-0.39, 0.29) is 10.5 Å². The molecule has 4 nitrogen and oxygen atoms in total. The van der Waals surface area contributed by atoms with Gasteiger partial charge < -0.3 is 4.74 Å². The Labute approximate surface area is 87.8 Å². The smallest absolute Gasteiger partial charge is 0.341 e. The predicted molar refractivity (Wildman–Crippen MR) is 53.1 cm³/mol. The molecule has 1 aromatic carbocycles. The molecule has 80 valence electrons. The SMILES string of the molecule is CC1(C)OC(=O)c2ccccc2S1(=O)=O. The second-order valence-electron chi connectivity index (χ2n) is 3.79. The van der Waals surface area contributed by atoms with E-state index in [9.17, 15) is 13.2 Å². The van der Waals surface area contributed by atoms with Crippen molar-refractivity contribution in [1.82, 2.24) is 0 Å². The fourth-order valence-electron chi connectivity index (χ4n) is 1.47. The number of benzene rings is 1. The van der Waals surface area contributed by atoms with Crippen LogP contribution in [0.4, 0.5) is 0 Å². The maximum atomic E-state index is 12.0. The maximum absolute atomic E-state index is 12.0. The zero-order valence-corrected chi connectivity index (χ0v) is 9.17. The summed E-state index contributed by atoms with van der Waals surface area (Å²) in [6.07, 6.45) is 0. The third-order valence-electron chi connectivity index (χ3n) is 2.38. The van der Waals surface area contributed by atoms with Crippen LogP contribution < -0.4 is 0 Å². The number of fused-ring (bicyclic) bond motifs is 1. The predicted octanol–water partition coefficient (Wildman–Crippen LogP) is 1.37. The van der Waals surface area contributed by atoms with E-state index >= 15 is 0 Å². The lowest BCUT2D eigenvalue weighted by Crippen LogP contribution is -2.42. The van der Waals surface area contributed by atoms with Crippen LogP contribution in [0.1, 0.15) is 24.2 Å². The van der Waals surface area contributed by atoms with E-state index in [4.69, 9.17) is 4.74 Å². The standard InChI is InChI=1S/C10H10O4S/c1-10(2)14-9(11)7-5-3-4-6-8(7)15(10,12)13/h3-6H,1-2H3. The van der Waals surface area contributed by atoms with Gasteiger partial charge >= 0.3 is 5.97 Å². The minimum absolute atomic E-state index is 0.0475. The fourth-order valence-corrected chi connectivity index (χ4v) is 2.88. The summed E-state index contributed by atoms with van der Waals surface area (Å²) in [7, 11) is -3.60. The highest BCUT2D eigenvalue weighted by Gasteiger charge is 2.46. The lowest BCUT2D eigenvalue weighted by Gasteiger charge is -2.30. The Morgan fingerprint density at radius 3 is 2.47 bits per heavy atom. The Kier molecular flexibility index (Phi) is 1.91. The lowest BCUT2D eigenvalue weighted by molar-refractivity contribution is 0.0240. The van der Waals surface area contributed by atoms with Gasteiger partial charge in [-0.1, -0.05) is 12.1 Å². The first kappa shape index (κ1) is 10.2. The van der Waals surface area contributed by atoms with Gasteiger partial charge in [-0.3, -0.25) is 0 Å². The molecule has 5 heteroatoms. The lowest BCUT2D eigenvalue weighted by atomic mass is 10.2. The second-order valence-corrected chi connectivity index (χ2v) is 6.22. The van der Waals surface area contributed by atoms with Crippen LogP contribution in [0.25, 0.3) is 0 Å². The first-order valence-electron chi connectivity index (χ1n) is 4.43. The number of hydrogen-bond acceptors (Lipinski definition) is 4. The minimum atomic E-state index is -3.60. The van der Waals surface area contributed by atoms with Crippen molar-refractivity contribution in [1.29, 1.82) is 0 Å². The Morgan fingerprint density at radius 2 is 1.80 bits per heavy atom. The average molecular weight is 226 g/mol. The van der Waals surface area contributed by atoms with Gasteiger partial charge in [-0.25, -0.2) is 13.2 Å². The van der Waals surface area contributed by atoms with Crippen LogP contribution in [0.15, 0.2) is 29.2 Å². The number of carbonyl (C=O) groups excluding carboxylic acids is 1. The van der Waals surface area contributed by atoms with Gasteiger partial charge in [0.2, 0.25) is 14.8 Å². The molecule has 1 aliphatic heterocycles. The molecule has 0 saturated carbocycles. The number of hydrogen-bond donors (Lipinski definition) is 0. The van der Waals surface area contributed by atoms with Gasteiger partial charge in [-0.05, 0) is 26.0 Å². The minimum Gasteiger partial charge on any atom is -0.439 e. The molecule has 0 unspecified atom stereocenters. The zero-order valence-electron chi connectivity index (χ0n) is 8.35. The molecule has 1 aliphatic rings. The first-order chi connectivity index (χ1) is 6.86. The number of esters is 1. The Balaban J connectivity index is 2.80. The van der Waals surface area contributed by atoms with Gasteiger partial charge in [0.25, 0.3) is 0 Å². The number of sulfone groups is 1. The zero-order chi connectivity index (χ0) is 11.3. The van der Waals surface area contributed by atoms with Crippen LogP contribution in [-0.4, -0.2) is 19.3 Å². The number of ether oxygens (including phenoxy) is 1. The molecular weight excluding hydrogens is 216 g/mol. The maximum Gasteiger partial charge on any atom is 0.341 e. The van der Waals surface area contributed by atoms with Crippen molar-refractivity contribution >= 4 is 15.8 Å². The van der Waals surface area contributed by atoms with Gasteiger partial charge in [0, 0.05) is 0 Å². The van der Waals surface area contributed by atoms with E-state index in [1.165, 1.54) is 26.0 Å². The van der Waals surface area contributed by atoms with Crippen molar-refractivity contribution in [2.75, 3.05) is 0 Å². The van der Waals surface area contributed by atoms with E-state index < -0.39 is 20.7 Å². The van der Waals surface area contributed by atoms with E-state index in [1.54, 1.807) is 12.1 Å². The number of rotatable bonds is 0. The molecule has 15 heavy (non-hydrogen) atoms. The van der Waals surface area contributed by atoms with Gasteiger partial charge in [-0.2, -0.15) is 0 Å². The first-order valence-corrected chi connectivity index (χ1v) is 5.91. The van der Waals surface area contributed by atoms with Gasteiger partial charge in [0.05, 0.1) is 10.5 Å². The molecule has 0 radical (unpaired) electrons. The van der Waals surface area contributed by atoms with Crippen LogP contribution in [0.5, 0.6) is 0 Å². The van der Waals surface area contributed by atoms with Crippen LogP contribution in [0.2, 0.25) is 0 Å². The highest BCUT2D eigenvalue weighted by Crippen LogP contribution is 2.34. The third-order valence-corrected chi connectivity index (χ3v) is 4.69. The van der Waals surface area contributed by atoms with E-state index in [2.05, 4.69) is 0 Å². The largest absolute Gasteiger partial charge is 0.439 e. The molecule has 1 aromatic rings. The molecule has 0 fully saturated rings. The Hall–Kier alpha value is -1.36. The third kappa shape index (κ3) is 1.26. The van der Waals surface area contributed by atoms with Gasteiger partial charge in [0.15, 0.2) is 0 Å². The van der Waals surface area contributed by atoms with Crippen molar-refractivity contribution in [2.45, 2.75) is 23.7 Å². The summed E-state index contributed by atoms with van der Waals surface area (Å²) in [6, 6.07) is 6.07. The molecule has 0 bridgehead atoms. The monoisotopic (exact) mass is 226 g/mol. The van der Waals surface area contributed by atoms with Crippen molar-refractivity contribution in [3.8, 4) is 0 Å². The molecule has 2 rings (SSSR count). The topological polar surface area (TPSA) is 60.4 Å². The molecule has 0 atom stereocenters. The van der Waals surface area contributed by atoms with Crippen molar-refractivity contribution in [3.05, 3.63) is 29.8 Å². The van der Waals surface area contributed by atoms with E-state index in [0.717, 1.165) is 0 Å². The van der Waals surface area contributed by atoms with Crippen LogP contribution in [-0.2, 0) is 14.6 Å². The Bertz CT molecular complexity index is 528. The summed E-state index contributed by atoms with van der Waals surface area (Å²) in [4.78, 5) is 10.1. The highest BCUT2D eigenvalue weighted by molar-refractivity contribution is 7.92. The summed E-state index contributed by atoms with van der Waals surface area (Å²) >= 11 is 0. The van der Waals surface area contributed by atoms with Crippen LogP contribution in [0.3, 0.4) is 0 Å². The van der Waals surface area contributed by atoms with Crippen molar-refractivity contribution in [3.63, 3.8) is 0 Å². The number of carbonyl (C=O) groups is 1. The normalized spacial score (nSPS) is 21.6.